The second-order valence-electron chi connectivity index (χ2n) is 3.04. The van der Waals surface area contributed by atoms with Crippen LogP contribution in [0.1, 0.15) is 11.1 Å². The highest BCUT2D eigenvalue weighted by Crippen LogP contribution is 2.05. The van der Waals surface area contributed by atoms with E-state index >= 15 is 0 Å². The molecule has 1 aromatic rings. The van der Waals surface area contributed by atoms with Crippen molar-refractivity contribution in [3.05, 3.63) is 35.4 Å². The minimum absolute atomic E-state index is 0.0304. The number of nitrogen functional groups attached to an aromatic ring is 1. The van der Waals surface area contributed by atoms with Gasteiger partial charge in [-0.3, -0.25) is 10.2 Å². The first kappa shape index (κ1) is 10.4. The lowest BCUT2D eigenvalue weighted by Gasteiger charge is -2.04. The lowest BCUT2D eigenvalue weighted by molar-refractivity contribution is 0.541. The molecule has 0 aliphatic rings. The molecule has 0 aromatic heterocycles. The lowest BCUT2D eigenvalue weighted by atomic mass is 10.1. The summed E-state index contributed by atoms with van der Waals surface area (Å²) in [5.74, 6) is 0.0304. The van der Waals surface area contributed by atoms with Crippen LogP contribution in [0.4, 0.5) is 0 Å². The zero-order chi connectivity index (χ0) is 10.6. The van der Waals surface area contributed by atoms with Gasteiger partial charge in [0.2, 0.25) is 6.29 Å². The van der Waals surface area contributed by atoms with Crippen molar-refractivity contribution < 1.29 is 4.79 Å². The normalized spacial score (nSPS) is 12.1. The number of carbonyl (C=O) groups excluding carboxylic acids is 1. The van der Waals surface area contributed by atoms with Crippen molar-refractivity contribution >= 4 is 12.1 Å². The van der Waals surface area contributed by atoms with Crippen molar-refractivity contribution in [3.8, 4) is 0 Å². The van der Waals surface area contributed by atoms with E-state index in [0.29, 0.717) is 12.0 Å². The number of rotatable bonds is 4. The number of nitrogens with two attached hydrogens (primary N) is 2. The van der Waals surface area contributed by atoms with Gasteiger partial charge in [-0.25, -0.2) is 0 Å². The Kier molecular flexibility index (Phi) is 3.36. The highest BCUT2D eigenvalue weighted by atomic mass is 16.1. The third-order valence-electron chi connectivity index (χ3n) is 1.87. The van der Waals surface area contributed by atoms with Gasteiger partial charge >= 0.3 is 0 Å². The monoisotopic (exact) mass is 190 g/mol. The minimum atomic E-state index is -0.585. The molecule has 5 N–H and O–H groups in total. The maximum Gasteiger partial charge on any atom is 0.217 e. The van der Waals surface area contributed by atoms with Gasteiger partial charge < -0.3 is 11.5 Å². The molecule has 0 unspecified atom stereocenters. The summed E-state index contributed by atoms with van der Waals surface area (Å²) in [5, 5.41) is 7.17. The third-order valence-corrected chi connectivity index (χ3v) is 1.87. The van der Waals surface area contributed by atoms with Crippen LogP contribution in [0.2, 0.25) is 0 Å². The van der Waals surface area contributed by atoms with Crippen molar-refractivity contribution in [2.75, 3.05) is 0 Å². The van der Waals surface area contributed by atoms with Gasteiger partial charge in [-0.05, 0) is 12.0 Å². The second kappa shape index (κ2) is 4.53. The second-order valence-corrected chi connectivity index (χ2v) is 3.04. The van der Waals surface area contributed by atoms with Crippen molar-refractivity contribution in [2.24, 2.45) is 11.5 Å². The van der Waals surface area contributed by atoms with E-state index in [-0.39, 0.29) is 5.84 Å². The molecule has 0 bridgehead atoms. The Morgan fingerprint density at radius 3 is 2.43 bits per heavy atom. The van der Waals surface area contributed by atoms with Crippen LogP contribution >= 0.6 is 0 Å². The molecule has 73 valence electrons. The fraction of sp³-hybridized carbons (Fsp3) is 0.200. The predicted octanol–water partition coefficient (Wildman–Crippen LogP) is -0.0498. The van der Waals surface area contributed by atoms with Crippen LogP contribution in [-0.4, -0.2) is 18.2 Å². The molecule has 1 atom stereocenters. The topological polar surface area (TPSA) is 93.0 Å². The minimum Gasteiger partial charge on any atom is -0.384 e. The Balaban J connectivity index is 2.73. The van der Waals surface area contributed by atoms with E-state index in [9.17, 15) is 4.79 Å². The van der Waals surface area contributed by atoms with Crippen LogP contribution in [0.5, 0.6) is 0 Å². The largest absolute Gasteiger partial charge is 0.384 e. The summed E-state index contributed by atoms with van der Waals surface area (Å²) in [4.78, 5) is 10.2. The molecule has 0 amide bonds. The van der Waals surface area contributed by atoms with Crippen LogP contribution in [0, 0.1) is 5.41 Å². The molecule has 0 saturated heterocycles. The van der Waals surface area contributed by atoms with Crippen LogP contribution in [0.25, 0.3) is 0 Å². The van der Waals surface area contributed by atoms with Crippen LogP contribution in [0.3, 0.4) is 0 Å². The number of hydrogen-bond acceptors (Lipinski definition) is 3. The summed E-state index contributed by atoms with van der Waals surface area (Å²) in [6.45, 7) is 0. The molecule has 1 aromatic carbocycles. The SMILES string of the molecule is N=C(N)c1ccc(C[C@H](N)[C]=O)cc1. The lowest BCUT2D eigenvalue weighted by Crippen LogP contribution is -2.24. The van der Waals surface area contributed by atoms with Gasteiger partial charge in [0, 0.05) is 5.56 Å². The maximum atomic E-state index is 10.2. The molecule has 0 aliphatic carbocycles. The van der Waals surface area contributed by atoms with E-state index in [2.05, 4.69) is 0 Å². The first-order valence-corrected chi connectivity index (χ1v) is 4.20. The molecule has 0 aliphatic heterocycles. The average Bonchev–Trinajstić information content (AvgIpc) is 2.18. The zero-order valence-corrected chi connectivity index (χ0v) is 7.66. The maximum absolute atomic E-state index is 10.2. The van der Waals surface area contributed by atoms with Crippen LogP contribution < -0.4 is 11.5 Å². The Morgan fingerprint density at radius 1 is 1.43 bits per heavy atom. The van der Waals surface area contributed by atoms with Gasteiger partial charge in [-0.1, -0.05) is 24.3 Å². The average molecular weight is 190 g/mol. The first-order chi connectivity index (χ1) is 6.63. The number of hydrogen-bond donors (Lipinski definition) is 3. The van der Waals surface area contributed by atoms with Crippen molar-refractivity contribution in [1.82, 2.24) is 0 Å². The molecule has 0 fully saturated rings. The molecule has 1 radical (unpaired) electrons. The predicted molar refractivity (Wildman–Crippen MR) is 54.8 cm³/mol. The first-order valence-electron chi connectivity index (χ1n) is 4.20. The molecule has 0 spiro atoms. The van der Waals surface area contributed by atoms with E-state index in [1.54, 1.807) is 30.6 Å². The molecule has 1 rings (SSSR count). The van der Waals surface area contributed by atoms with Gasteiger partial charge in [0.25, 0.3) is 0 Å². The summed E-state index contributed by atoms with van der Waals surface area (Å²) in [5.41, 5.74) is 12.3. The summed E-state index contributed by atoms with van der Waals surface area (Å²) < 4.78 is 0. The van der Waals surface area contributed by atoms with E-state index in [1.165, 1.54) is 0 Å². The highest BCUT2D eigenvalue weighted by Gasteiger charge is 2.03. The Bertz CT molecular complexity index is 332. The smallest absolute Gasteiger partial charge is 0.217 e. The number of benzene rings is 1. The Labute approximate surface area is 82.4 Å². The van der Waals surface area contributed by atoms with Gasteiger partial charge in [-0.2, -0.15) is 0 Å². The fourth-order valence-electron chi connectivity index (χ4n) is 1.12. The molecule has 4 nitrogen and oxygen atoms in total. The van der Waals surface area contributed by atoms with Crippen molar-refractivity contribution in [2.45, 2.75) is 12.5 Å². The Hall–Kier alpha value is -1.68. The van der Waals surface area contributed by atoms with Gasteiger partial charge in [0.05, 0.1) is 6.04 Å². The Morgan fingerprint density at radius 2 is 2.00 bits per heavy atom. The van der Waals surface area contributed by atoms with Crippen LogP contribution in [-0.2, 0) is 11.2 Å². The molecular formula is C10H12N3O. The third kappa shape index (κ3) is 2.67. The van der Waals surface area contributed by atoms with E-state index in [1.807, 2.05) is 0 Å². The van der Waals surface area contributed by atoms with E-state index < -0.39 is 6.04 Å². The van der Waals surface area contributed by atoms with Gasteiger partial charge in [-0.15, -0.1) is 0 Å². The van der Waals surface area contributed by atoms with Crippen molar-refractivity contribution in [3.63, 3.8) is 0 Å². The van der Waals surface area contributed by atoms with Gasteiger partial charge in [0.1, 0.15) is 5.84 Å². The summed E-state index contributed by atoms with van der Waals surface area (Å²) in [6, 6.07) is 6.48. The molecular weight excluding hydrogens is 178 g/mol. The molecule has 14 heavy (non-hydrogen) atoms. The quantitative estimate of drug-likeness (QED) is 0.459. The zero-order valence-electron chi connectivity index (χ0n) is 7.66. The number of nitrogens with one attached hydrogen (secondary N) is 1. The highest BCUT2D eigenvalue weighted by molar-refractivity contribution is 5.94. The van der Waals surface area contributed by atoms with E-state index in [4.69, 9.17) is 16.9 Å². The van der Waals surface area contributed by atoms with E-state index in [0.717, 1.165) is 5.56 Å². The van der Waals surface area contributed by atoms with Crippen LogP contribution in [0.15, 0.2) is 24.3 Å². The molecule has 0 heterocycles. The number of amidine groups is 1. The fourth-order valence-corrected chi connectivity index (χ4v) is 1.12. The summed E-state index contributed by atoms with van der Waals surface area (Å²) >= 11 is 0. The summed E-state index contributed by atoms with van der Waals surface area (Å²) in [7, 11) is 0. The van der Waals surface area contributed by atoms with Crippen molar-refractivity contribution in [1.29, 1.82) is 5.41 Å². The van der Waals surface area contributed by atoms with Gasteiger partial charge in [0.15, 0.2) is 0 Å². The summed E-state index contributed by atoms with van der Waals surface area (Å²) in [6.07, 6.45) is 2.17. The standard InChI is InChI=1S/C10H12N3O/c11-9(6-14)5-7-1-3-8(4-2-7)10(12)13/h1-4,9H,5,11H2,(H3,12,13)/t9-/m0/s1. The molecule has 4 heteroatoms. The molecule has 0 saturated carbocycles.